The second-order valence-electron chi connectivity index (χ2n) is 7.69. The maximum atomic E-state index is 13.0. The number of nitrogens with zero attached hydrogens (tertiary/aromatic N) is 3. The minimum Gasteiger partial charge on any atom is -0.464 e. The van der Waals surface area contributed by atoms with Crippen LogP contribution in [0.3, 0.4) is 0 Å². The molecule has 164 valence electrons. The molecule has 0 aliphatic heterocycles. The van der Waals surface area contributed by atoms with Crippen LogP contribution in [0.15, 0.2) is 24.3 Å². The lowest BCUT2D eigenvalue weighted by atomic mass is 9.91. The number of ether oxygens (including phenoxy) is 1. The number of benzene rings is 1. The second-order valence-corrected chi connectivity index (χ2v) is 7.69. The molecule has 1 fully saturated rings. The number of rotatable bonds is 5. The molecule has 1 heterocycles. The van der Waals surface area contributed by atoms with E-state index >= 15 is 0 Å². The van der Waals surface area contributed by atoms with Gasteiger partial charge in [-0.05, 0) is 38.0 Å². The number of aromatic nitrogens is 3. The molecule has 1 aromatic carbocycles. The highest BCUT2D eigenvalue weighted by atomic mass is 19.4. The van der Waals surface area contributed by atoms with Crippen LogP contribution in [0.2, 0.25) is 0 Å². The fraction of sp³-hybridized carbons (Fsp3) is 0.591. The number of hydrogen-bond donors (Lipinski definition) is 1. The van der Waals surface area contributed by atoms with E-state index in [0.717, 1.165) is 37.8 Å². The Morgan fingerprint density at radius 2 is 1.63 bits per heavy atom. The molecule has 1 saturated carbocycles. The van der Waals surface area contributed by atoms with Crippen molar-refractivity contribution in [3.8, 4) is 6.01 Å². The first-order valence-electron chi connectivity index (χ1n) is 10.8. The maximum Gasteiger partial charge on any atom is 0.416 e. The third kappa shape index (κ3) is 6.57. The van der Waals surface area contributed by atoms with Crippen LogP contribution in [0.4, 0.5) is 24.8 Å². The van der Waals surface area contributed by atoms with Crippen LogP contribution in [-0.2, 0) is 6.18 Å². The molecule has 3 rings (SSSR count). The predicted molar refractivity (Wildman–Crippen MR) is 110 cm³/mol. The van der Waals surface area contributed by atoms with Crippen molar-refractivity contribution in [2.75, 3.05) is 11.9 Å². The Balaban J connectivity index is 1.84. The third-order valence-electron chi connectivity index (χ3n) is 5.32. The predicted octanol–water partition coefficient (Wildman–Crippen LogP) is 6.64. The summed E-state index contributed by atoms with van der Waals surface area (Å²) in [7, 11) is 0. The summed E-state index contributed by atoms with van der Waals surface area (Å²) in [5.41, 5.74) is -0.450. The molecule has 1 aliphatic rings. The minimum atomic E-state index is -4.41. The van der Waals surface area contributed by atoms with Crippen molar-refractivity contribution in [1.29, 1.82) is 0 Å². The van der Waals surface area contributed by atoms with Crippen molar-refractivity contribution < 1.29 is 17.9 Å². The molecule has 0 radical (unpaired) electrons. The summed E-state index contributed by atoms with van der Waals surface area (Å²) < 4.78 is 44.6. The van der Waals surface area contributed by atoms with Crippen LogP contribution in [0.1, 0.15) is 82.0 Å². The maximum absolute atomic E-state index is 13.0. The van der Waals surface area contributed by atoms with Crippen molar-refractivity contribution in [2.24, 2.45) is 0 Å². The molecule has 1 aromatic heterocycles. The monoisotopic (exact) mass is 422 g/mol. The molecular weight excluding hydrogens is 393 g/mol. The van der Waals surface area contributed by atoms with Gasteiger partial charge in [-0.3, -0.25) is 0 Å². The third-order valence-corrected chi connectivity index (χ3v) is 5.32. The van der Waals surface area contributed by atoms with Gasteiger partial charge in [0, 0.05) is 11.6 Å². The van der Waals surface area contributed by atoms with E-state index < -0.39 is 11.7 Å². The first-order valence-corrected chi connectivity index (χ1v) is 10.8. The highest BCUT2D eigenvalue weighted by Crippen LogP contribution is 2.32. The average molecular weight is 422 g/mol. The van der Waals surface area contributed by atoms with Crippen molar-refractivity contribution in [3.63, 3.8) is 0 Å². The van der Waals surface area contributed by atoms with Gasteiger partial charge in [-0.2, -0.15) is 28.1 Å². The van der Waals surface area contributed by atoms with E-state index in [4.69, 9.17) is 4.74 Å². The fourth-order valence-corrected chi connectivity index (χ4v) is 3.77. The summed E-state index contributed by atoms with van der Waals surface area (Å²) in [6.07, 6.45) is 6.06. The Bertz CT molecular complexity index is 803. The molecule has 0 atom stereocenters. The zero-order chi connectivity index (χ0) is 21.4. The highest BCUT2D eigenvalue weighted by Gasteiger charge is 2.30. The van der Waals surface area contributed by atoms with Gasteiger partial charge in [-0.1, -0.05) is 51.0 Å². The number of nitrogens with one attached hydrogen (secondary N) is 1. The summed E-state index contributed by atoms with van der Waals surface area (Å²) in [4.78, 5) is 13.3. The smallest absolute Gasteiger partial charge is 0.416 e. The molecule has 5 nitrogen and oxygen atoms in total. The Kier molecular flexibility index (Phi) is 7.87. The van der Waals surface area contributed by atoms with Crippen LogP contribution in [0.25, 0.3) is 0 Å². The zero-order valence-corrected chi connectivity index (χ0v) is 17.3. The number of halogens is 3. The fourth-order valence-electron chi connectivity index (χ4n) is 3.77. The molecule has 0 spiro atoms. The molecule has 8 heteroatoms. The first kappa shape index (κ1) is 22.3. The van der Waals surface area contributed by atoms with E-state index in [-0.39, 0.29) is 23.6 Å². The number of anilines is 2. The van der Waals surface area contributed by atoms with Crippen molar-refractivity contribution in [1.82, 2.24) is 15.0 Å². The first-order chi connectivity index (χ1) is 14.5. The van der Waals surface area contributed by atoms with Gasteiger partial charge in [0.25, 0.3) is 0 Å². The highest BCUT2D eigenvalue weighted by molar-refractivity contribution is 5.55. The molecule has 2 aromatic rings. The van der Waals surface area contributed by atoms with Crippen molar-refractivity contribution in [3.05, 3.63) is 35.7 Å². The summed E-state index contributed by atoms with van der Waals surface area (Å²) in [6.45, 7) is 2.24. The van der Waals surface area contributed by atoms with E-state index in [9.17, 15) is 13.2 Å². The molecule has 0 unspecified atom stereocenters. The molecular formula is C22H29F3N4O. The quantitative estimate of drug-likeness (QED) is 0.585. The van der Waals surface area contributed by atoms with Gasteiger partial charge in [0.2, 0.25) is 5.95 Å². The van der Waals surface area contributed by atoms with Crippen LogP contribution in [-0.4, -0.2) is 21.6 Å². The molecule has 1 N–H and O–H groups in total. The Labute approximate surface area is 175 Å². The lowest BCUT2D eigenvalue weighted by molar-refractivity contribution is -0.137. The van der Waals surface area contributed by atoms with Gasteiger partial charge in [-0.25, -0.2) is 0 Å². The lowest BCUT2D eigenvalue weighted by Crippen LogP contribution is -2.12. The number of alkyl halides is 3. The van der Waals surface area contributed by atoms with E-state index in [0.29, 0.717) is 12.4 Å². The summed E-state index contributed by atoms with van der Waals surface area (Å²) in [6, 6.07) is 5.21. The van der Waals surface area contributed by atoms with E-state index in [2.05, 4.69) is 20.3 Å². The van der Waals surface area contributed by atoms with Gasteiger partial charge in [0.15, 0.2) is 0 Å². The summed E-state index contributed by atoms with van der Waals surface area (Å²) in [5, 5.41) is 2.90. The SMILES string of the molecule is CCOc1nc(Nc2cccc(C(F)(F)F)c2)nc(C2CCCCCCCCC2)n1. The van der Waals surface area contributed by atoms with Crippen molar-refractivity contribution >= 4 is 11.6 Å². The molecule has 30 heavy (non-hydrogen) atoms. The second kappa shape index (κ2) is 10.6. The lowest BCUT2D eigenvalue weighted by Gasteiger charge is -2.18. The van der Waals surface area contributed by atoms with Gasteiger partial charge in [0.05, 0.1) is 12.2 Å². The Morgan fingerprint density at radius 3 is 2.27 bits per heavy atom. The normalized spacial score (nSPS) is 16.8. The topological polar surface area (TPSA) is 59.9 Å². The zero-order valence-electron chi connectivity index (χ0n) is 17.3. The van der Waals surface area contributed by atoms with E-state index in [1.165, 1.54) is 38.2 Å². The molecule has 0 bridgehead atoms. The van der Waals surface area contributed by atoms with E-state index in [1.54, 1.807) is 6.07 Å². The standard InChI is InChI=1S/C22H29F3N4O/c1-2-30-21-28-19(16-11-8-6-4-3-5-7-9-12-16)27-20(29-21)26-18-14-10-13-17(15-18)22(23,24)25/h10,13-16H,2-9,11-12H2,1H3,(H,26,27,28,29). The van der Waals surface area contributed by atoms with Gasteiger partial charge in [-0.15, -0.1) is 0 Å². The molecule has 1 aliphatic carbocycles. The Hall–Kier alpha value is -2.38. The number of hydrogen-bond acceptors (Lipinski definition) is 5. The van der Waals surface area contributed by atoms with Gasteiger partial charge in [0.1, 0.15) is 5.82 Å². The van der Waals surface area contributed by atoms with Gasteiger partial charge < -0.3 is 10.1 Å². The molecule has 0 saturated heterocycles. The Morgan fingerprint density at radius 1 is 0.967 bits per heavy atom. The van der Waals surface area contributed by atoms with Crippen LogP contribution < -0.4 is 10.1 Å². The van der Waals surface area contributed by atoms with Crippen molar-refractivity contribution in [2.45, 2.75) is 76.8 Å². The van der Waals surface area contributed by atoms with Crippen LogP contribution in [0.5, 0.6) is 6.01 Å². The van der Waals surface area contributed by atoms with Gasteiger partial charge >= 0.3 is 12.2 Å². The van der Waals surface area contributed by atoms with E-state index in [1.807, 2.05) is 6.92 Å². The van der Waals surface area contributed by atoms with Crippen LogP contribution in [0, 0.1) is 0 Å². The average Bonchev–Trinajstić information content (AvgIpc) is 2.71. The summed E-state index contributed by atoms with van der Waals surface area (Å²) >= 11 is 0. The molecule has 0 amide bonds. The van der Waals surface area contributed by atoms with Crippen LogP contribution >= 0.6 is 0 Å². The summed E-state index contributed by atoms with van der Waals surface area (Å²) in [5.74, 6) is 1.07. The minimum absolute atomic E-state index is 0.201. The largest absolute Gasteiger partial charge is 0.464 e.